The van der Waals surface area contributed by atoms with Crippen LogP contribution in [0.15, 0.2) is 12.5 Å². The Morgan fingerprint density at radius 1 is 1.00 bits per heavy atom. The van der Waals surface area contributed by atoms with Crippen molar-refractivity contribution in [2.45, 2.75) is 69.6 Å². The lowest BCUT2D eigenvalue weighted by atomic mass is 10.0. The van der Waals surface area contributed by atoms with Crippen molar-refractivity contribution in [3.63, 3.8) is 0 Å². The SMILES string of the molecule is CC(NC(=O)C(CCC(=O)O)NC(=O)C(CCCCN)NC(=O)C(N)Cc1cnc[nH]1)C(=O)O. The predicted octanol–water partition coefficient (Wildman–Crippen LogP) is -2.17. The number of aliphatic carboxylic acids is 2. The van der Waals surface area contributed by atoms with Crippen LogP contribution in [0.25, 0.3) is 0 Å². The maximum absolute atomic E-state index is 12.9. The third-order valence-electron chi connectivity index (χ3n) is 4.92. The number of rotatable bonds is 16. The molecule has 0 aromatic carbocycles. The minimum Gasteiger partial charge on any atom is -0.481 e. The molecule has 14 nitrogen and oxygen atoms in total. The Morgan fingerprint density at radius 2 is 1.62 bits per heavy atom. The summed E-state index contributed by atoms with van der Waals surface area (Å²) >= 11 is 0. The van der Waals surface area contributed by atoms with Crippen molar-refractivity contribution < 1.29 is 34.2 Å². The number of amides is 3. The highest BCUT2D eigenvalue weighted by Crippen LogP contribution is 2.06. The fourth-order valence-corrected chi connectivity index (χ4v) is 2.95. The van der Waals surface area contributed by atoms with Crippen molar-refractivity contribution in [3.05, 3.63) is 18.2 Å². The first-order valence-electron chi connectivity index (χ1n) is 10.8. The molecule has 34 heavy (non-hydrogen) atoms. The van der Waals surface area contributed by atoms with Gasteiger partial charge in [0.05, 0.1) is 12.4 Å². The number of hydrogen-bond donors (Lipinski definition) is 8. The van der Waals surface area contributed by atoms with Gasteiger partial charge in [-0.1, -0.05) is 0 Å². The quantitative estimate of drug-likeness (QED) is 0.118. The van der Waals surface area contributed by atoms with E-state index in [-0.39, 0.29) is 19.3 Å². The third kappa shape index (κ3) is 10.4. The summed E-state index contributed by atoms with van der Waals surface area (Å²) < 4.78 is 0. The molecule has 1 heterocycles. The molecule has 0 radical (unpaired) electrons. The molecule has 3 amide bonds. The molecule has 1 aromatic heterocycles. The van der Waals surface area contributed by atoms with Crippen molar-refractivity contribution in [2.24, 2.45) is 11.5 Å². The summed E-state index contributed by atoms with van der Waals surface area (Å²) in [6.07, 6.45) is 3.66. The van der Waals surface area contributed by atoms with E-state index in [1.807, 2.05) is 0 Å². The largest absolute Gasteiger partial charge is 0.481 e. The first-order chi connectivity index (χ1) is 16.0. The fraction of sp³-hybridized carbons (Fsp3) is 0.600. The zero-order valence-electron chi connectivity index (χ0n) is 19.0. The van der Waals surface area contributed by atoms with E-state index in [0.29, 0.717) is 25.1 Å². The first-order valence-corrected chi connectivity index (χ1v) is 10.8. The Bertz CT molecular complexity index is 831. The van der Waals surface area contributed by atoms with Crippen LogP contribution >= 0.6 is 0 Å². The highest BCUT2D eigenvalue weighted by Gasteiger charge is 2.29. The molecule has 0 saturated heterocycles. The van der Waals surface area contributed by atoms with Crippen molar-refractivity contribution >= 4 is 29.7 Å². The van der Waals surface area contributed by atoms with Gasteiger partial charge in [-0.05, 0) is 39.2 Å². The molecule has 1 aromatic rings. The van der Waals surface area contributed by atoms with Crippen LogP contribution in [-0.4, -0.2) is 80.6 Å². The maximum atomic E-state index is 12.9. The van der Waals surface area contributed by atoms with Crippen molar-refractivity contribution in [3.8, 4) is 0 Å². The summed E-state index contributed by atoms with van der Waals surface area (Å²) in [5.41, 5.74) is 12.1. The van der Waals surface area contributed by atoms with E-state index in [1.165, 1.54) is 19.4 Å². The van der Waals surface area contributed by atoms with Gasteiger partial charge < -0.3 is 42.6 Å². The minimum absolute atomic E-state index is 0.152. The van der Waals surface area contributed by atoms with Crippen LogP contribution in [0.2, 0.25) is 0 Å². The van der Waals surface area contributed by atoms with Gasteiger partial charge in [-0.15, -0.1) is 0 Å². The predicted molar refractivity (Wildman–Crippen MR) is 119 cm³/mol. The number of carboxylic acids is 2. The van der Waals surface area contributed by atoms with E-state index in [0.717, 1.165) is 0 Å². The summed E-state index contributed by atoms with van der Waals surface area (Å²) in [4.78, 5) is 66.7. The average molecular weight is 484 g/mol. The lowest BCUT2D eigenvalue weighted by Gasteiger charge is -2.24. The van der Waals surface area contributed by atoms with Gasteiger partial charge in [-0.2, -0.15) is 0 Å². The second-order valence-electron chi connectivity index (χ2n) is 7.80. The number of nitrogens with two attached hydrogens (primary N) is 2. The topological polar surface area (TPSA) is 243 Å². The minimum atomic E-state index is -1.32. The Labute approximate surface area is 196 Å². The van der Waals surface area contributed by atoms with Gasteiger partial charge in [-0.25, -0.2) is 4.98 Å². The zero-order valence-corrected chi connectivity index (χ0v) is 19.0. The Hall–Kier alpha value is -3.52. The van der Waals surface area contributed by atoms with E-state index in [4.69, 9.17) is 21.7 Å². The van der Waals surface area contributed by atoms with Crippen molar-refractivity contribution in [2.75, 3.05) is 6.54 Å². The van der Waals surface area contributed by atoms with Crippen LogP contribution in [0.5, 0.6) is 0 Å². The number of carboxylic acid groups (broad SMARTS) is 2. The Balaban J connectivity index is 2.91. The summed E-state index contributed by atoms with van der Waals surface area (Å²) in [5.74, 6) is -4.68. The number of hydrogen-bond acceptors (Lipinski definition) is 8. The van der Waals surface area contributed by atoms with Gasteiger partial charge in [0.1, 0.15) is 18.1 Å². The Kier molecular flexibility index (Phi) is 12.2. The van der Waals surface area contributed by atoms with Gasteiger partial charge in [0.2, 0.25) is 17.7 Å². The molecule has 4 unspecified atom stereocenters. The molecule has 0 aliphatic heterocycles. The van der Waals surface area contributed by atoms with Gasteiger partial charge in [0, 0.05) is 24.7 Å². The van der Waals surface area contributed by atoms with E-state index >= 15 is 0 Å². The smallest absolute Gasteiger partial charge is 0.325 e. The number of nitrogens with zero attached hydrogens (tertiary/aromatic N) is 1. The summed E-state index contributed by atoms with van der Waals surface area (Å²) in [7, 11) is 0. The number of carbonyl (C=O) groups excluding carboxylic acids is 3. The van der Waals surface area contributed by atoms with Crippen LogP contribution in [0, 0.1) is 0 Å². The normalized spacial score (nSPS) is 14.3. The van der Waals surface area contributed by atoms with Crippen LogP contribution in [0.3, 0.4) is 0 Å². The average Bonchev–Trinajstić information content (AvgIpc) is 3.28. The molecule has 0 aliphatic carbocycles. The van der Waals surface area contributed by atoms with Crippen LogP contribution in [0.4, 0.5) is 0 Å². The molecular formula is C20H33N7O7. The van der Waals surface area contributed by atoms with Gasteiger partial charge in [-0.3, -0.25) is 24.0 Å². The number of carbonyl (C=O) groups is 5. The molecule has 1 rings (SSSR count). The zero-order chi connectivity index (χ0) is 25.7. The van der Waals surface area contributed by atoms with Gasteiger partial charge >= 0.3 is 11.9 Å². The standard InChI is InChI=1S/C20H33N7O7/c1-11(20(33)34)25-18(31)15(5-6-16(28)29)27-19(32)14(4-2-3-7-21)26-17(30)13(22)8-12-9-23-10-24-12/h9-11,13-15H,2-8,21-22H2,1H3,(H,23,24)(H,25,31)(H,26,30)(H,27,32)(H,28,29)(H,33,34). The number of nitrogens with one attached hydrogen (secondary N) is 4. The van der Waals surface area contributed by atoms with E-state index in [9.17, 15) is 24.0 Å². The number of unbranched alkanes of at least 4 members (excludes halogenated alkanes) is 1. The molecule has 10 N–H and O–H groups in total. The molecule has 0 bridgehead atoms. The third-order valence-corrected chi connectivity index (χ3v) is 4.92. The second kappa shape index (κ2) is 14.6. The first kappa shape index (κ1) is 28.5. The molecule has 0 aliphatic rings. The lowest BCUT2D eigenvalue weighted by Crippen LogP contribution is -2.57. The van der Waals surface area contributed by atoms with Gasteiger partial charge in [0.25, 0.3) is 0 Å². The molecule has 0 fully saturated rings. The summed E-state index contributed by atoms with van der Waals surface area (Å²) in [6, 6.07) is -4.62. The molecule has 0 spiro atoms. The molecule has 4 atom stereocenters. The fourth-order valence-electron chi connectivity index (χ4n) is 2.95. The van der Waals surface area contributed by atoms with E-state index in [2.05, 4.69) is 25.9 Å². The monoisotopic (exact) mass is 483 g/mol. The number of aromatic amines is 1. The summed E-state index contributed by atoms with van der Waals surface area (Å²) in [5, 5.41) is 25.1. The van der Waals surface area contributed by atoms with E-state index in [1.54, 1.807) is 0 Å². The highest BCUT2D eigenvalue weighted by atomic mass is 16.4. The molecular weight excluding hydrogens is 450 g/mol. The lowest BCUT2D eigenvalue weighted by molar-refractivity contribution is -0.142. The molecule has 190 valence electrons. The number of aromatic nitrogens is 2. The van der Waals surface area contributed by atoms with Crippen LogP contribution in [0.1, 0.15) is 44.7 Å². The molecule has 14 heteroatoms. The molecule has 0 saturated carbocycles. The summed E-state index contributed by atoms with van der Waals surface area (Å²) in [6.45, 7) is 1.60. The highest BCUT2D eigenvalue weighted by molar-refractivity contribution is 5.94. The Morgan fingerprint density at radius 3 is 2.18 bits per heavy atom. The van der Waals surface area contributed by atoms with Crippen LogP contribution < -0.4 is 27.4 Å². The maximum Gasteiger partial charge on any atom is 0.325 e. The number of H-pyrrole nitrogens is 1. The van der Waals surface area contributed by atoms with Crippen molar-refractivity contribution in [1.29, 1.82) is 0 Å². The van der Waals surface area contributed by atoms with Crippen molar-refractivity contribution in [1.82, 2.24) is 25.9 Å². The van der Waals surface area contributed by atoms with E-state index < -0.39 is 60.2 Å². The van der Waals surface area contributed by atoms with Gasteiger partial charge in [0.15, 0.2) is 0 Å². The number of imidazole rings is 1. The second-order valence-corrected chi connectivity index (χ2v) is 7.80. The van der Waals surface area contributed by atoms with Crippen LogP contribution in [-0.2, 0) is 30.4 Å².